The number of hydrogen-bond acceptors (Lipinski definition) is 5. The topological polar surface area (TPSA) is 80.0 Å². The number of carbonyl (C=O) groups is 1. The lowest BCUT2D eigenvalue weighted by Gasteiger charge is -2.06. The molecule has 0 atom stereocenters. The molecule has 0 aliphatic carbocycles. The van der Waals surface area contributed by atoms with Crippen molar-refractivity contribution >= 4 is 33.9 Å². The van der Waals surface area contributed by atoms with Gasteiger partial charge >= 0.3 is 0 Å². The Balaban J connectivity index is 2.24. The number of nitrogens with two attached hydrogens (primary N) is 1. The van der Waals surface area contributed by atoms with Crippen molar-refractivity contribution in [3.8, 4) is 0 Å². The molecule has 0 aliphatic rings. The third-order valence-electron chi connectivity index (χ3n) is 2.47. The van der Waals surface area contributed by atoms with Crippen LogP contribution in [0.3, 0.4) is 0 Å². The van der Waals surface area contributed by atoms with Crippen LogP contribution in [0.4, 0.5) is 29.8 Å². The summed E-state index contributed by atoms with van der Waals surface area (Å²) in [4.78, 5) is 15.9. The number of amides is 1. The van der Waals surface area contributed by atoms with E-state index in [-0.39, 0.29) is 10.7 Å². The summed E-state index contributed by atoms with van der Waals surface area (Å²) in [6.45, 7) is 2.43. The summed E-state index contributed by atoms with van der Waals surface area (Å²) < 4.78 is 39.4. The molecular formula is C12H11F3N4OS. The van der Waals surface area contributed by atoms with Gasteiger partial charge in [0, 0.05) is 6.54 Å². The molecule has 0 fully saturated rings. The van der Waals surface area contributed by atoms with Crippen LogP contribution in [0.15, 0.2) is 12.1 Å². The van der Waals surface area contributed by atoms with Gasteiger partial charge < -0.3 is 16.4 Å². The summed E-state index contributed by atoms with van der Waals surface area (Å²) in [6.07, 6.45) is 0. The van der Waals surface area contributed by atoms with Gasteiger partial charge in [-0.3, -0.25) is 4.79 Å². The van der Waals surface area contributed by atoms with E-state index in [0.29, 0.717) is 17.7 Å². The Hall–Kier alpha value is -2.29. The van der Waals surface area contributed by atoms with Gasteiger partial charge in [0.2, 0.25) is 0 Å². The van der Waals surface area contributed by atoms with Gasteiger partial charge in [-0.05, 0) is 19.1 Å². The lowest BCUT2D eigenvalue weighted by molar-refractivity contribution is 0.103. The molecule has 21 heavy (non-hydrogen) atoms. The van der Waals surface area contributed by atoms with Crippen LogP contribution in [0.1, 0.15) is 16.6 Å². The fraction of sp³-hybridized carbons (Fsp3) is 0.167. The summed E-state index contributed by atoms with van der Waals surface area (Å²) in [6, 6.07) is 1.64. The van der Waals surface area contributed by atoms with Gasteiger partial charge in [0.25, 0.3) is 5.91 Å². The van der Waals surface area contributed by atoms with Gasteiger partial charge in [0.15, 0.2) is 22.6 Å². The van der Waals surface area contributed by atoms with Gasteiger partial charge in [0.05, 0.1) is 5.69 Å². The summed E-state index contributed by atoms with van der Waals surface area (Å²) >= 11 is 0.975. The number of benzene rings is 1. The minimum absolute atomic E-state index is 0.0311. The van der Waals surface area contributed by atoms with E-state index in [4.69, 9.17) is 5.73 Å². The Morgan fingerprint density at radius 2 is 2.05 bits per heavy atom. The molecule has 2 aromatic rings. The van der Waals surface area contributed by atoms with Gasteiger partial charge in [-0.2, -0.15) is 0 Å². The van der Waals surface area contributed by atoms with Crippen LogP contribution in [-0.2, 0) is 0 Å². The van der Waals surface area contributed by atoms with E-state index in [1.165, 1.54) is 0 Å². The molecule has 1 aromatic carbocycles. The number of nitrogen functional groups attached to an aromatic ring is 1. The van der Waals surface area contributed by atoms with Gasteiger partial charge in [-0.25, -0.2) is 18.2 Å². The van der Waals surface area contributed by atoms with Crippen molar-refractivity contribution < 1.29 is 18.0 Å². The number of carbonyl (C=O) groups excluding carboxylic acids is 1. The van der Waals surface area contributed by atoms with Crippen molar-refractivity contribution in [2.75, 3.05) is 22.9 Å². The quantitative estimate of drug-likeness (QED) is 0.758. The van der Waals surface area contributed by atoms with E-state index < -0.39 is 29.0 Å². The number of rotatable bonds is 4. The molecule has 0 aliphatic heterocycles. The Morgan fingerprint density at radius 3 is 2.71 bits per heavy atom. The second-order valence-corrected chi connectivity index (χ2v) is 4.94. The third-order valence-corrected chi connectivity index (χ3v) is 3.50. The predicted octanol–water partition coefficient (Wildman–Crippen LogP) is 2.83. The van der Waals surface area contributed by atoms with Crippen molar-refractivity contribution in [2.24, 2.45) is 0 Å². The normalized spacial score (nSPS) is 10.5. The highest BCUT2D eigenvalue weighted by molar-refractivity contribution is 7.18. The van der Waals surface area contributed by atoms with Crippen molar-refractivity contribution in [1.29, 1.82) is 0 Å². The maximum absolute atomic E-state index is 13.5. The zero-order valence-corrected chi connectivity index (χ0v) is 11.7. The van der Waals surface area contributed by atoms with Crippen LogP contribution >= 0.6 is 11.3 Å². The summed E-state index contributed by atoms with van der Waals surface area (Å²) in [7, 11) is 0. The molecule has 2 rings (SSSR count). The van der Waals surface area contributed by atoms with E-state index in [9.17, 15) is 18.0 Å². The lowest BCUT2D eigenvalue weighted by Crippen LogP contribution is -2.14. The zero-order chi connectivity index (χ0) is 15.6. The molecule has 0 bridgehead atoms. The molecule has 9 heteroatoms. The van der Waals surface area contributed by atoms with E-state index in [1.54, 1.807) is 0 Å². The highest BCUT2D eigenvalue weighted by atomic mass is 32.1. The van der Waals surface area contributed by atoms with Crippen LogP contribution in [-0.4, -0.2) is 17.4 Å². The maximum Gasteiger partial charge on any atom is 0.269 e. The van der Waals surface area contributed by atoms with Gasteiger partial charge in [0.1, 0.15) is 10.7 Å². The number of halogens is 3. The van der Waals surface area contributed by atoms with Gasteiger partial charge in [-0.1, -0.05) is 11.3 Å². The van der Waals surface area contributed by atoms with E-state index in [0.717, 1.165) is 17.4 Å². The van der Waals surface area contributed by atoms with Gasteiger partial charge in [-0.15, -0.1) is 0 Å². The van der Waals surface area contributed by atoms with Crippen molar-refractivity contribution in [2.45, 2.75) is 6.92 Å². The predicted molar refractivity (Wildman–Crippen MR) is 75.0 cm³/mol. The molecule has 0 radical (unpaired) electrons. The lowest BCUT2D eigenvalue weighted by atomic mass is 10.2. The smallest absolute Gasteiger partial charge is 0.269 e. The fourth-order valence-electron chi connectivity index (χ4n) is 1.52. The Labute approximate surface area is 122 Å². The molecule has 0 saturated carbocycles. The van der Waals surface area contributed by atoms with E-state index >= 15 is 0 Å². The summed E-state index contributed by atoms with van der Waals surface area (Å²) in [5, 5.41) is 5.45. The molecule has 4 N–H and O–H groups in total. The number of thiazole rings is 1. The van der Waals surface area contributed by atoms with Crippen molar-refractivity contribution in [3.63, 3.8) is 0 Å². The molecular weight excluding hydrogens is 305 g/mol. The second kappa shape index (κ2) is 6.00. The molecule has 0 spiro atoms. The van der Waals surface area contributed by atoms with Crippen LogP contribution in [0.2, 0.25) is 0 Å². The monoisotopic (exact) mass is 316 g/mol. The number of nitrogens with one attached hydrogen (secondary N) is 2. The first-order valence-corrected chi connectivity index (χ1v) is 6.70. The first kappa shape index (κ1) is 15.1. The summed E-state index contributed by atoms with van der Waals surface area (Å²) in [5.41, 5.74) is 5.11. The average molecular weight is 316 g/mol. The molecule has 1 heterocycles. The summed E-state index contributed by atoms with van der Waals surface area (Å²) in [5.74, 6) is -5.25. The van der Waals surface area contributed by atoms with E-state index in [2.05, 4.69) is 15.6 Å². The standard InChI is InChI=1S/C12H11F3N4OS/c1-2-17-12-19-10(16)9(21-12)11(20)18-6-4-3-5(13)7(14)8(6)15/h3-4H,2,16H2,1H3,(H,17,19)(H,18,20). The fourth-order valence-corrected chi connectivity index (χ4v) is 2.37. The minimum atomic E-state index is -1.65. The highest BCUT2D eigenvalue weighted by Gasteiger charge is 2.20. The second-order valence-electron chi connectivity index (χ2n) is 3.94. The molecule has 0 unspecified atom stereocenters. The largest absolute Gasteiger partial charge is 0.382 e. The number of hydrogen-bond donors (Lipinski definition) is 3. The first-order chi connectivity index (χ1) is 9.93. The first-order valence-electron chi connectivity index (χ1n) is 5.89. The third kappa shape index (κ3) is 3.07. The van der Waals surface area contributed by atoms with E-state index in [1.807, 2.05) is 6.92 Å². The van der Waals surface area contributed by atoms with Crippen LogP contribution in [0, 0.1) is 17.5 Å². The maximum atomic E-state index is 13.5. The number of nitrogens with zero attached hydrogens (tertiary/aromatic N) is 1. The number of aromatic nitrogens is 1. The molecule has 112 valence electrons. The SMILES string of the molecule is CCNc1nc(N)c(C(=O)Nc2ccc(F)c(F)c2F)s1. The van der Waals surface area contributed by atoms with Crippen molar-refractivity contribution in [3.05, 3.63) is 34.5 Å². The zero-order valence-electron chi connectivity index (χ0n) is 10.8. The average Bonchev–Trinajstić information content (AvgIpc) is 2.81. The Bertz CT molecular complexity index is 689. The molecule has 0 saturated heterocycles. The minimum Gasteiger partial charge on any atom is -0.382 e. The Morgan fingerprint density at radius 1 is 1.33 bits per heavy atom. The van der Waals surface area contributed by atoms with Crippen molar-refractivity contribution in [1.82, 2.24) is 4.98 Å². The molecule has 1 aromatic heterocycles. The van der Waals surface area contributed by atoms with Crippen LogP contribution in [0.25, 0.3) is 0 Å². The Kier molecular flexibility index (Phi) is 4.32. The van der Waals surface area contributed by atoms with Crippen LogP contribution < -0.4 is 16.4 Å². The molecule has 1 amide bonds. The highest BCUT2D eigenvalue weighted by Crippen LogP contribution is 2.27. The number of anilines is 3. The molecule has 5 nitrogen and oxygen atoms in total. The van der Waals surface area contributed by atoms with Crippen LogP contribution in [0.5, 0.6) is 0 Å².